The Morgan fingerprint density at radius 1 is 1.35 bits per heavy atom. The molecular weight excluding hydrogens is 362 g/mol. The van der Waals surface area contributed by atoms with E-state index in [1.54, 1.807) is 6.08 Å². The molecule has 6 aliphatic rings. The zero-order chi connectivity index (χ0) is 17.7. The summed E-state index contributed by atoms with van der Waals surface area (Å²) in [5.41, 5.74) is -0.217. The van der Waals surface area contributed by atoms with Gasteiger partial charge in [0.25, 0.3) is 0 Å². The highest BCUT2D eigenvalue weighted by molar-refractivity contribution is 8.14. The molecule has 3 atom stereocenters. The molecule has 9 heteroatoms. The molecule has 1 spiro atoms. The molecule has 0 aromatic rings. The van der Waals surface area contributed by atoms with Gasteiger partial charge in [-0.2, -0.15) is 8.78 Å². The van der Waals surface area contributed by atoms with Crippen LogP contribution in [0.1, 0.15) is 19.3 Å². The Kier molecular flexibility index (Phi) is 3.80. The predicted molar refractivity (Wildman–Crippen MR) is 94.7 cm³/mol. The second-order valence-corrected chi connectivity index (χ2v) is 8.14. The number of fused-ring (bicyclic) bond motifs is 3. The van der Waals surface area contributed by atoms with Crippen LogP contribution in [0.3, 0.4) is 0 Å². The van der Waals surface area contributed by atoms with Crippen LogP contribution in [0.2, 0.25) is 0 Å². The summed E-state index contributed by atoms with van der Waals surface area (Å²) in [5.74, 6) is 1.23. The molecule has 138 valence electrons. The van der Waals surface area contributed by atoms with Crippen molar-refractivity contribution in [3.05, 3.63) is 24.1 Å². The zero-order valence-corrected chi connectivity index (χ0v) is 14.8. The second kappa shape index (κ2) is 6.07. The van der Waals surface area contributed by atoms with Gasteiger partial charge in [0.2, 0.25) is 5.90 Å². The largest absolute Gasteiger partial charge is 0.462 e. The maximum atomic E-state index is 12.3. The van der Waals surface area contributed by atoms with Crippen LogP contribution < -0.4 is 5.32 Å². The van der Waals surface area contributed by atoms with Crippen molar-refractivity contribution < 1.29 is 22.8 Å². The number of piperidine rings is 1. The smallest absolute Gasteiger partial charge is 0.388 e. The number of aliphatic imine (C=N–C) groups is 2. The average molecular weight is 381 g/mol. The molecule has 1 saturated heterocycles. The van der Waals surface area contributed by atoms with E-state index < -0.39 is 6.61 Å². The van der Waals surface area contributed by atoms with E-state index >= 15 is 0 Å². The molecular formula is C17H19F2N4O2S+. The van der Waals surface area contributed by atoms with Gasteiger partial charge >= 0.3 is 6.61 Å². The summed E-state index contributed by atoms with van der Waals surface area (Å²) in [5, 5.41) is 3.65. The van der Waals surface area contributed by atoms with Crippen molar-refractivity contribution in [1.29, 1.82) is 0 Å². The molecule has 26 heavy (non-hydrogen) atoms. The number of rotatable bonds is 2. The SMILES string of the molecule is FC(F)OC1=NC2SC(NC3=CC[C@@]4(C=[N+]5CCC4CC5)O3)=NC2C=C1. The summed E-state index contributed by atoms with van der Waals surface area (Å²) in [6.45, 7) is -0.624. The number of ether oxygens (including phenoxy) is 2. The van der Waals surface area contributed by atoms with Crippen LogP contribution in [0.4, 0.5) is 8.78 Å². The molecule has 6 aliphatic heterocycles. The number of hydrogen-bond donors (Lipinski definition) is 1. The van der Waals surface area contributed by atoms with Crippen LogP contribution >= 0.6 is 11.8 Å². The summed E-state index contributed by atoms with van der Waals surface area (Å²) >= 11 is 1.40. The van der Waals surface area contributed by atoms with Crippen molar-refractivity contribution in [2.45, 2.75) is 42.9 Å². The number of hydrogen-bond acceptors (Lipinski definition) is 6. The Balaban J connectivity index is 1.23. The fourth-order valence-electron chi connectivity index (χ4n) is 4.21. The van der Waals surface area contributed by atoms with Crippen LogP contribution in [-0.4, -0.2) is 58.6 Å². The van der Waals surface area contributed by atoms with Crippen LogP contribution in [0.15, 0.2) is 34.1 Å². The van der Waals surface area contributed by atoms with Crippen molar-refractivity contribution in [3.8, 4) is 0 Å². The maximum Gasteiger partial charge on any atom is 0.388 e. The number of halogens is 2. The zero-order valence-electron chi connectivity index (χ0n) is 14.0. The average Bonchev–Trinajstić information content (AvgIpc) is 3.19. The first-order valence-corrected chi connectivity index (χ1v) is 9.69. The summed E-state index contributed by atoms with van der Waals surface area (Å²) in [7, 11) is 0. The van der Waals surface area contributed by atoms with E-state index in [1.807, 2.05) is 0 Å². The standard InChI is InChI=1S/C17H19F2N4O2S/c18-15(19)24-12-2-1-11-14(21-12)26-16(20-11)22-13-3-6-17(25-13)9-23-7-4-10(17)5-8-23/h1-3,9-11,14-15H,4-8H2,(H,20,22)/q+1/t11?,14?,17-/m0/s1. The molecule has 2 bridgehead atoms. The van der Waals surface area contributed by atoms with Crippen molar-refractivity contribution in [2.75, 3.05) is 13.1 Å². The molecule has 6 nitrogen and oxygen atoms in total. The second-order valence-electron chi connectivity index (χ2n) is 7.03. The first-order chi connectivity index (χ1) is 12.6. The minimum Gasteiger partial charge on any atom is -0.462 e. The van der Waals surface area contributed by atoms with Crippen LogP contribution in [-0.2, 0) is 9.47 Å². The van der Waals surface area contributed by atoms with Gasteiger partial charge in [-0.1, -0.05) is 17.8 Å². The summed E-state index contributed by atoms with van der Waals surface area (Å²) in [6, 6.07) is -0.174. The topological polar surface area (TPSA) is 58.2 Å². The lowest BCUT2D eigenvalue weighted by Gasteiger charge is -2.39. The van der Waals surface area contributed by atoms with Crippen LogP contribution in [0, 0.1) is 5.92 Å². The van der Waals surface area contributed by atoms with E-state index in [9.17, 15) is 8.78 Å². The lowest BCUT2D eigenvalue weighted by Crippen LogP contribution is -2.53. The van der Waals surface area contributed by atoms with Gasteiger partial charge in [0.05, 0.1) is 0 Å². The normalized spacial score (nSPS) is 37.1. The number of alkyl halides is 2. The molecule has 1 fully saturated rings. The fraction of sp³-hybridized carbons (Fsp3) is 0.588. The Bertz CT molecular complexity index is 769. The first-order valence-electron chi connectivity index (χ1n) is 8.81. The highest BCUT2D eigenvalue weighted by Crippen LogP contribution is 2.41. The fourth-order valence-corrected chi connectivity index (χ4v) is 5.23. The maximum absolute atomic E-state index is 12.3. The predicted octanol–water partition coefficient (Wildman–Crippen LogP) is 2.09. The molecule has 0 saturated carbocycles. The molecule has 1 N–H and O–H groups in total. The monoisotopic (exact) mass is 381 g/mol. The lowest BCUT2D eigenvalue weighted by atomic mass is 9.77. The Morgan fingerprint density at radius 3 is 2.92 bits per heavy atom. The van der Waals surface area contributed by atoms with E-state index in [0.717, 1.165) is 25.4 Å². The number of nitrogens with zero attached hydrogens (tertiary/aromatic N) is 3. The molecule has 6 rings (SSSR count). The van der Waals surface area contributed by atoms with Gasteiger partial charge in [0.15, 0.2) is 22.9 Å². The number of dihydropyridines is 1. The molecule has 0 radical (unpaired) electrons. The quantitative estimate of drug-likeness (QED) is 0.745. The van der Waals surface area contributed by atoms with Gasteiger partial charge in [-0.3, -0.25) is 4.99 Å². The third kappa shape index (κ3) is 2.82. The third-order valence-electron chi connectivity index (χ3n) is 5.45. The van der Waals surface area contributed by atoms with Gasteiger partial charge in [-0.25, -0.2) is 9.57 Å². The first kappa shape index (κ1) is 16.3. The summed E-state index contributed by atoms with van der Waals surface area (Å²) in [4.78, 5) is 8.74. The number of nitrogens with one attached hydrogen (secondary N) is 1. The summed E-state index contributed by atoms with van der Waals surface area (Å²) < 4.78 is 37.7. The number of amidine groups is 1. The molecule has 0 aromatic carbocycles. The molecule has 0 aliphatic carbocycles. The van der Waals surface area contributed by atoms with Gasteiger partial charge in [0, 0.05) is 25.2 Å². The third-order valence-corrected chi connectivity index (χ3v) is 6.51. The van der Waals surface area contributed by atoms with Crippen molar-refractivity contribution in [2.24, 2.45) is 15.9 Å². The van der Waals surface area contributed by atoms with Gasteiger partial charge in [0.1, 0.15) is 24.5 Å². The minimum atomic E-state index is -2.87. The highest BCUT2D eigenvalue weighted by Gasteiger charge is 2.52. The van der Waals surface area contributed by atoms with Crippen molar-refractivity contribution >= 4 is 29.0 Å². The van der Waals surface area contributed by atoms with Crippen molar-refractivity contribution in [3.63, 3.8) is 0 Å². The number of thioether (sulfide) groups is 1. The Morgan fingerprint density at radius 2 is 2.19 bits per heavy atom. The highest BCUT2D eigenvalue weighted by atomic mass is 32.2. The van der Waals surface area contributed by atoms with Crippen LogP contribution in [0.25, 0.3) is 0 Å². The van der Waals surface area contributed by atoms with E-state index in [1.165, 1.54) is 30.7 Å². The minimum absolute atomic E-state index is 0.0534. The van der Waals surface area contributed by atoms with Crippen molar-refractivity contribution in [1.82, 2.24) is 5.32 Å². The Hall–Kier alpha value is -1.90. The van der Waals surface area contributed by atoms with Crippen LogP contribution in [0.5, 0.6) is 0 Å². The molecule has 0 aromatic heterocycles. The molecule has 6 heterocycles. The molecule has 0 amide bonds. The summed E-state index contributed by atoms with van der Waals surface area (Å²) in [6.07, 6.45) is 10.7. The molecule has 2 unspecified atom stereocenters. The van der Waals surface area contributed by atoms with Gasteiger partial charge < -0.3 is 14.8 Å². The van der Waals surface area contributed by atoms with E-state index in [0.29, 0.717) is 11.1 Å². The lowest BCUT2D eigenvalue weighted by molar-refractivity contribution is -0.553. The van der Waals surface area contributed by atoms with Gasteiger partial charge in [-0.05, 0) is 12.2 Å². The van der Waals surface area contributed by atoms with E-state index in [4.69, 9.17) is 4.74 Å². The van der Waals surface area contributed by atoms with Gasteiger partial charge in [-0.15, -0.1) is 0 Å². The Labute approximate surface area is 153 Å². The van der Waals surface area contributed by atoms with E-state index in [2.05, 4.69) is 36.9 Å². The van der Waals surface area contributed by atoms with E-state index in [-0.39, 0.29) is 22.9 Å².